The summed E-state index contributed by atoms with van der Waals surface area (Å²) in [6, 6.07) is 17.8. The minimum atomic E-state index is -2.21. The highest BCUT2D eigenvalue weighted by Crippen LogP contribution is 2.25. The second-order valence-electron chi connectivity index (χ2n) is 5.30. The Morgan fingerprint density at radius 2 is 1.62 bits per heavy atom. The third-order valence-electron chi connectivity index (χ3n) is 3.95. The molecule has 0 unspecified atom stereocenters. The summed E-state index contributed by atoms with van der Waals surface area (Å²) >= 11 is 0. The van der Waals surface area contributed by atoms with Gasteiger partial charge < -0.3 is 0 Å². The van der Waals surface area contributed by atoms with Crippen molar-refractivity contribution in [2.75, 3.05) is 0 Å². The number of para-hydroxylation sites is 1. The Balaban J connectivity index is 2.40. The number of aryl methyl sites for hydroxylation is 1. The van der Waals surface area contributed by atoms with Crippen molar-refractivity contribution in [1.29, 1.82) is 0 Å². The molecule has 0 saturated heterocycles. The highest BCUT2D eigenvalue weighted by Gasteiger charge is 2.25. The third kappa shape index (κ3) is 2.17. The summed E-state index contributed by atoms with van der Waals surface area (Å²) in [5.74, 6) is 0.313. The minimum Gasteiger partial charge on any atom is -0.230 e. The van der Waals surface area contributed by atoms with Gasteiger partial charge in [0, 0.05) is 23.5 Å². The van der Waals surface area contributed by atoms with Gasteiger partial charge in [-0.05, 0) is 18.6 Å². The van der Waals surface area contributed by atoms with Gasteiger partial charge in [0.1, 0.15) is 5.69 Å². The van der Waals surface area contributed by atoms with Crippen LogP contribution >= 0.6 is 0 Å². The number of aromatic nitrogens is 2. The maximum absolute atomic E-state index is 8.04. The Hall–Kier alpha value is -2.35. The molecule has 0 aliphatic carbocycles. The van der Waals surface area contributed by atoms with Crippen molar-refractivity contribution in [3.05, 3.63) is 71.7 Å². The van der Waals surface area contributed by atoms with Crippen LogP contribution in [-0.4, -0.2) is 4.57 Å². The zero-order chi connectivity index (χ0) is 17.5. The highest BCUT2D eigenvalue weighted by atomic mass is 15.2. The summed E-state index contributed by atoms with van der Waals surface area (Å²) in [6.45, 7) is 1.76. The average Bonchev–Trinajstić information content (AvgIpc) is 2.79. The van der Waals surface area contributed by atoms with Gasteiger partial charge in [0.15, 0.2) is 11.4 Å². The highest BCUT2D eigenvalue weighted by molar-refractivity contribution is 5.60. The molecular weight excluding hydrogens is 256 g/mol. The second kappa shape index (κ2) is 5.21. The molecule has 2 aromatic carbocycles. The molecule has 0 spiro atoms. The van der Waals surface area contributed by atoms with Crippen molar-refractivity contribution in [3.8, 4) is 16.9 Å². The van der Waals surface area contributed by atoms with Crippen molar-refractivity contribution >= 4 is 0 Å². The average molecular weight is 280 g/mol. The lowest BCUT2D eigenvalue weighted by Crippen LogP contribution is -2.32. The number of hydrogen-bond donors (Lipinski definition) is 0. The summed E-state index contributed by atoms with van der Waals surface area (Å²) in [5, 5.41) is 0. The summed E-state index contributed by atoms with van der Waals surface area (Å²) in [7, 11) is 1.83. The van der Waals surface area contributed by atoms with Gasteiger partial charge in [-0.1, -0.05) is 48.5 Å². The number of imidazole rings is 1. The van der Waals surface area contributed by atoms with Crippen LogP contribution < -0.4 is 4.57 Å². The fourth-order valence-electron chi connectivity index (χ4n) is 2.87. The van der Waals surface area contributed by atoms with Crippen LogP contribution in [0.25, 0.3) is 16.9 Å². The molecule has 0 aliphatic heterocycles. The van der Waals surface area contributed by atoms with Crippen LogP contribution in [0.4, 0.5) is 0 Å². The number of hydrogen-bond acceptors (Lipinski definition) is 0. The topological polar surface area (TPSA) is 8.81 Å². The molecule has 21 heavy (non-hydrogen) atoms. The maximum atomic E-state index is 8.04. The van der Waals surface area contributed by atoms with Crippen molar-refractivity contribution in [2.24, 2.45) is 7.05 Å². The van der Waals surface area contributed by atoms with Gasteiger partial charge in [-0.2, -0.15) is 4.57 Å². The van der Waals surface area contributed by atoms with Crippen molar-refractivity contribution in [2.45, 2.75) is 20.7 Å². The number of nitrogens with zero attached hydrogens (tertiary/aromatic N) is 2. The van der Waals surface area contributed by atoms with Crippen LogP contribution in [0.2, 0.25) is 0 Å². The van der Waals surface area contributed by atoms with Gasteiger partial charge in [0.2, 0.25) is 0 Å². The minimum absolute atomic E-state index is 0.313. The van der Waals surface area contributed by atoms with E-state index in [9.17, 15) is 0 Å². The summed E-state index contributed by atoms with van der Waals surface area (Å²) < 4.78 is 27.8. The summed E-state index contributed by atoms with van der Waals surface area (Å²) in [4.78, 5) is 0. The first kappa shape index (κ1) is 10.4. The van der Waals surface area contributed by atoms with Crippen molar-refractivity contribution in [3.63, 3.8) is 0 Å². The van der Waals surface area contributed by atoms with Gasteiger partial charge in [0.25, 0.3) is 5.82 Å². The van der Waals surface area contributed by atoms with E-state index in [0.29, 0.717) is 5.82 Å². The molecule has 1 heterocycles. The number of benzene rings is 2. The first-order valence-electron chi connectivity index (χ1n) is 8.55. The first-order valence-corrected chi connectivity index (χ1v) is 7.05. The lowest BCUT2D eigenvalue weighted by molar-refractivity contribution is -0.666. The first-order chi connectivity index (χ1) is 11.3. The van der Waals surface area contributed by atoms with Crippen LogP contribution in [0, 0.1) is 20.7 Å². The van der Waals surface area contributed by atoms with Crippen LogP contribution in [0.15, 0.2) is 54.6 Å². The second-order valence-corrected chi connectivity index (χ2v) is 5.30. The fraction of sp³-hybridized carbons (Fsp3) is 0.211. The Bertz CT molecular complexity index is 878. The lowest BCUT2D eigenvalue weighted by atomic mass is 10.1. The van der Waals surface area contributed by atoms with E-state index in [4.69, 9.17) is 4.11 Å². The molecule has 3 aromatic rings. The Labute approximate surface area is 130 Å². The molecule has 106 valence electrons. The third-order valence-corrected chi connectivity index (χ3v) is 3.95. The van der Waals surface area contributed by atoms with E-state index >= 15 is 0 Å². The standard InChI is InChI=1S/C19H21N2/c1-14-10-8-9-13-18(14)21-15(2)19(20(4)16(21)3)17-11-6-5-7-12-17/h5-13H,1-4H3/q+1/i3D3. The zero-order valence-corrected chi connectivity index (χ0v) is 12.6. The molecule has 2 nitrogen and oxygen atoms in total. The molecule has 0 radical (unpaired) electrons. The monoisotopic (exact) mass is 280 g/mol. The predicted molar refractivity (Wildman–Crippen MR) is 86.6 cm³/mol. The molecular formula is C19H21N2+. The molecule has 0 N–H and O–H groups in total. The molecule has 0 saturated carbocycles. The molecule has 1 aromatic heterocycles. The molecule has 0 atom stereocenters. The van der Waals surface area contributed by atoms with E-state index in [1.165, 1.54) is 0 Å². The SMILES string of the molecule is [2H]C([2H])([2H])c1n(-c2ccccc2C)c(C)c(-c2ccccc2)[n+]1C. The van der Waals surface area contributed by atoms with E-state index in [0.717, 1.165) is 28.2 Å². The predicted octanol–water partition coefficient (Wildman–Crippen LogP) is 3.89. The smallest absolute Gasteiger partial charge is 0.230 e. The van der Waals surface area contributed by atoms with Gasteiger partial charge in [0.05, 0.1) is 7.05 Å². The van der Waals surface area contributed by atoms with Gasteiger partial charge in [-0.3, -0.25) is 0 Å². The van der Waals surface area contributed by atoms with E-state index < -0.39 is 6.85 Å². The Morgan fingerprint density at radius 1 is 0.952 bits per heavy atom. The molecule has 0 amide bonds. The normalized spacial score (nSPS) is 13.6. The van der Waals surface area contributed by atoms with E-state index in [2.05, 4.69) is 0 Å². The van der Waals surface area contributed by atoms with Crippen LogP contribution in [0.3, 0.4) is 0 Å². The van der Waals surface area contributed by atoms with Crippen LogP contribution in [0.5, 0.6) is 0 Å². The largest absolute Gasteiger partial charge is 0.258 e. The van der Waals surface area contributed by atoms with E-state index in [1.54, 1.807) is 4.57 Å². The Morgan fingerprint density at radius 3 is 2.29 bits per heavy atom. The van der Waals surface area contributed by atoms with Crippen molar-refractivity contribution < 1.29 is 8.68 Å². The van der Waals surface area contributed by atoms with Gasteiger partial charge >= 0.3 is 0 Å². The number of rotatable bonds is 2. The van der Waals surface area contributed by atoms with E-state index in [1.807, 2.05) is 80.1 Å². The molecule has 3 rings (SSSR count). The van der Waals surface area contributed by atoms with Crippen LogP contribution in [-0.2, 0) is 7.05 Å². The summed E-state index contributed by atoms with van der Waals surface area (Å²) in [5.41, 5.74) is 4.80. The fourth-order valence-corrected chi connectivity index (χ4v) is 2.87. The van der Waals surface area contributed by atoms with Gasteiger partial charge in [-0.25, -0.2) is 4.57 Å². The quantitative estimate of drug-likeness (QED) is 0.630. The zero-order valence-electron chi connectivity index (χ0n) is 15.6. The van der Waals surface area contributed by atoms with E-state index in [-0.39, 0.29) is 0 Å². The molecule has 0 fully saturated rings. The van der Waals surface area contributed by atoms with Crippen molar-refractivity contribution in [1.82, 2.24) is 4.57 Å². The van der Waals surface area contributed by atoms with Gasteiger partial charge in [-0.15, -0.1) is 0 Å². The summed E-state index contributed by atoms with van der Waals surface area (Å²) in [6.07, 6.45) is 0. The molecule has 0 aliphatic rings. The van der Waals surface area contributed by atoms with Crippen LogP contribution in [0.1, 0.15) is 21.2 Å². The maximum Gasteiger partial charge on any atom is 0.258 e. The lowest BCUT2D eigenvalue weighted by Gasteiger charge is -2.04. The molecule has 0 bridgehead atoms. The molecule has 2 heteroatoms. The Kier molecular flexibility index (Phi) is 2.58.